The molecule has 0 N–H and O–H groups in total. The lowest BCUT2D eigenvalue weighted by atomic mass is 9.87. The van der Waals surface area contributed by atoms with Crippen LogP contribution < -0.4 is 4.90 Å². The third kappa shape index (κ3) is 3.27. The summed E-state index contributed by atoms with van der Waals surface area (Å²) in [6.45, 7) is 3.68. The second-order valence-corrected chi connectivity index (χ2v) is 9.37. The summed E-state index contributed by atoms with van der Waals surface area (Å²) >= 11 is 0. The van der Waals surface area contributed by atoms with Crippen LogP contribution in [0.25, 0.3) is 6.08 Å². The lowest BCUT2D eigenvalue weighted by molar-refractivity contribution is -0.116. The van der Waals surface area contributed by atoms with Crippen molar-refractivity contribution in [2.45, 2.75) is 38.6 Å². The minimum atomic E-state index is -0.233. The highest BCUT2D eigenvalue weighted by Crippen LogP contribution is 2.55. The highest BCUT2D eigenvalue weighted by molar-refractivity contribution is 6.03. The fourth-order valence-electron chi connectivity index (χ4n) is 5.24. The normalized spacial score (nSPS) is 24.1. The average Bonchev–Trinajstić information content (AvgIpc) is 3.38. The number of pyridine rings is 1. The summed E-state index contributed by atoms with van der Waals surface area (Å²) < 4.78 is 13.5. The quantitative estimate of drug-likeness (QED) is 0.718. The molecule has 32 heavy (non-hydrogen) atoms. The van der Waals surface area contributed by atoms with E-state index in [1.165, 1.54) is 25.0 Å². The summed E-state index contributed by atoms with van der Waals surface area (Å²) in [7, 11) is 0. The third-order valence-electron chi connectivity index (χ3n) is 7.14. The summed E-state index contributed by atoms with van der Waals surface area (Å²) in [6, 6.07) is 10.7. The monoisotopic (exact) mass is 432 g/mol. The van der Waals surface area contributed by atoms with Crippen molar-refractivity contribution in [3.63, 3.8) is 0 Å². The van der Waals surface area contributed by atoms with Crippen LogP contribution in [0.3, 0.4) is 0 Å². The van der Waals surface area contributed by atoms with Crippen LogP contribution in [0.1, 0.15) is 49.2 Å². The fourth-order valence-corrected chi connectivity index (χ4v) is 5.24. The number of amidine groups is 1. The number of carbonyl (C=O) groups is 1. The van der Waals surface area contributed by atoms with Gasteiger partial charge >= 0.3 is 0 Å². The molecule has 1 saturated carbocycles. The Kier molecular flexibility index (Phi) is 4.35. The van der Waals surface area contributed by atoms with E-state index in [-0.39, 0.29) is 23.2 Å². The molecule has 1 spiro atoms. The number of hydrogen-bond donors (Lipinski definition) is 0. The van der Waals surface area contributed by atoms with Gasteiger partial charge in [-0.25, -0.2) is 4.39 Å². The van der Waals surface area contributed by atoms with E-state index in [2.05, 4.69) is 16.1 Å². The maximum absolute atomic E-state index is 13.5. The molecule has 1 aromatic carbocycles. The number of amides is 1. The number of halogens is 1. The molecule has 4 heterocycles. The third-order valence-corrected chi connectivity index (χ3v) is 7.14. The largest absolute Gasteiger partial charge is 0.392 e. The number of anilines is 1. The topological polar surface area (TPSA) is 58.0 Å². The number of rotatable bonds is 2. The molecule has 3 aliphatic heterocycles. The van der Waals surface area contributed by atoms with E-state index < -0.39 is 0 Å². The summed E-state index contributed by atoms with van der Waals surface area (Å²) in [5.41, 5.74) is 5.22. The Bertz CT molecular complexity index is 1150. The highest BCUT2D eigenvalue weighted by atomic mass is 19.1. The van der Waals surface area contributed by atoms with Crippen LogP contribution in [0.4, 0.5) is 10.1 Å². The Morgan fingerprint density at radius 3 is 2.78 bits per heavy atom. The van der Waals surface area contributed by atoms with Crippen LogP contribution in [0.15, 0.2) is 47.1 Å². The summed E-state index contributed by atoms with van der Waals surface area (Å²) in [5, 5.41) is 4.44. The van der Waals surface area contributed by atoms with Crippen LogP contribution in [-0.4, -0.2) is 41.3 Å². The van der Waals surface area contributed by atoms with Crippen molar-refractivity contribution >= 4 is 23.5 Å². The molecule has 1 saturated heterocycles. The van der Waals surface area contributed by atoms with Crippen LogP contribution in [-0.2, 0) is 16.1 Å². The van der Waals surface area contributed by atoms with Crippen molar-refractivity contribution < 1.29 is 14.0 Å². The molecule has 6 rings (SSSR count). The van der Waals surface area contributed by atoms with Crippen LogP contribution in [0, 0.1) is 11.2 Å². The minimum Gasteiger partial charge on any atom is -0.392 e. The van der Waals surface area contributed by atoms with Gasteiger partial charge < -0.3 is 14.6 Å². The molecule has 164 valence electrons. The van der Waals surface area contributed by atoms with E-state index in [0.717, 1.165) is 53.4 Å². The number of aromatic nitrogens is 1. The summed E-state index contributed by atoms with van der Waals surface area (Å²) in [4.78, 5) is 26.5. The number of fused-ring (bicyclic) bond motifs is 2. The fraction of sp³-hybridized carbons (Fsp3) is 0.400. The Hall–Kier alpha value is -3.22. The van der Waals surface area contributed by atoms with Gasteiger partial charge in [0.05, 0.1) is 23.1 Å². The van der Waals surface area contributed by atoms with Crippen molar-refractivity contribution in [3.05, 3.63) is 64.7 Å². The molecule has 0 radical (unpaired) electrons. The van der Waals surface area contributed by atoms with E-state index in [1.807, 2.05) is 24.3 Å². The molecule has 1 atom stereocenters. The Morgan fingerprint density at radius 1 is 1.22 bits per heavy atom. The zero-order valence-corrected chi connectivity index (χ0v) is 18.1. The van der Waals surface area contributed by atoms with Crippen LogP contribution in [0.5, 0.6) is 0 Å². The minimum absolute atomic E-state index is 0.0152. The number of hydrogen-bond acceptors (Lipinski definition) is 5. The lowest BCUT2D eigenvalue weighted by Crippen LogP contribution is -2.48. The van der Waals surface area contributed by atoms with Gasteiger partial charge in [0.15, 0.2) is 5.84 Å². The first kappa shape index (κ1) is 19.5. The smallest absolute Gasteiger partial charge is 0.223 e. The number of oxime groups is 1. The zero-order valence-electron chi connectivity index (χ0n) is 18.1. The molecule has 1 aliphatic carbocycles. The molecule has 1 unspecified atom stereocenters. The molecule has 2 aromatic rings. The zero-order chi connectivity index (χ0) is 21.9. The molecular weight excluding hydrogens is 407 g/mol. The van der Waals surface area contributed by atoms with Crippen molar-refractivity contribution in [2.75, 3.05) is 24.6 Å². The molecular formula is C25H25FN4O2. The molecule has 1 amide bonds. The summed E-state index contributed by atoms with van der Waals surface area (Å²) in [6.07, 6.45) is 6.27. The van der Waals surface area contributed by atoms with Gasteiger partial charge in [0.1, 0.15) is 12.4 Å². The van der Waals surface area contributed by atoms with E-state index in [0.29, 0.717) is 13.2 Å². The van der Waals surface area contributed by atoms with Crippen LogP contribution >= 0.6 is 0 Å². The molecule has 0 bridgehead atoms. The van der Waals surface area contributed by atoms with Crippen molar-refractivity contribution in [1.82, 2.24) is 9.88 Å². The number of carbonyl (C=O) groups excluding carboxylic acids is 1. The molecule has 7 heteroatoms. The Balaban J connectivity index is 1.35. The maximum atomic E-state index is 13.5. The van der Waals surface area contributed by atoms with E-state index >= 15 is 0 Å². The second kappa shape index (κ2) is 7.15. The first-order valence-electron chi connectivity index (χ1n) is 11.2. The first-order chi connectivity index (χ1) is 15.5. The van der Waals surface area contributed by atoms with Crippen molar-refractivity contribution in [2.24, 2.45) is 10.6 Å². The molecule has 1 aromatic heterocycles. The van der Waals surface area contributed by atoms with Gasteiger partial charge in [0.2, 0.25) is 5.91 Å². The van der Waals surface area contributed by atoms with Gasteiger partial charge in [-0.15, -0.1) is 0 Å². The van der Waals surface area contributed by atoms with Gasteiger partial charge in [-0.1, -0.05) is 17.3 Å². The van der Waals surface area contributed by atoms with E-state index in [1.54, 1.807) is 11.8 Å². The predicted molar refractivity (Wildman–Crippen MR) is 119 cm³/mol. The summed E-state index contributed by atoms with van der Waals surface area (Å²) in [5.74, 6) is 0.676. The Morgan fingerprint density at radius 2 is 2.03 bits per heavy atom. The average molecular weight is 432 g/mol. The van der Waals surface area contributed by atoms with Crippen LogP contribution in [0.2, 0.25) is 0 Å². The van der Waals surface area contributed by atoms with Gasteiger partial charge in [-0.05, 0) is 60.6 Å². The van der Waals surface area contributed by atoms with E-state index in [9.17, 15) is 9.18 Å². The second-order valence-electron chi connectivity index (χ2n) is 9.37. The van der Waals surface area contributed by atoms with Gasteiger partial charge in [0.25, 0.3) is 0 Å². The van der Waals surface area contributed by atoms with Gasteiger partial charge in [-0.2, -0.15) is 0 Å². The van der Waals surface area contributed by atoms with E-state index in [4.69, 9.17) is 9.82 Å². The van der Waals surface area contributed by atoms with Gasteiger partial charge in [-0.3, -0.25) is 9.78 Å². The molecule has 4 aliphatic rings. The highest BCUT2D eigenvalue weighted by Gasteiger charge is 2.51. The molecule has 6 nitrogen and oxygen atoms in total. The SMILES string of the molecule is CC(=O)N1CCc2nc(/C=C3\CC4(CC4)CN4C3=NOCC4c3ccc(F)cc3)ccc21. The standard InChI is InChI=1S/C25H25FN4O2/c1-16(31)29-11-8-21-22(29)7-6-20(27-21)12-18-13-25(9-10-25)15-30-23(14-32-28-24(18)30)17-2-4-19(26)5-3-17/h2-7,12,23H,8-11,13-15H2,1H3/b18-12+. The van der Waals surface area contributed by atoms with Crippen molar-refractivity contribution in [1.29, 1.82) is 0 Å². The Labute approximate surface area is 186 Å². The van der Waals surface area contributed by atoms with Gasteiger partial charge in [0, 0.05) is 32.0 Å². The lowest BCUT2D eigenvalue weighted by Gasteiger charge is -2.43. The maximum Gasteiger partial charge on any atom is 0.223 e. The molecule has 2 fully saturated rings. The van der Waals surface area contributed by atoms with Crippen molar-refractivity contribution in [3.8, 4) is 0 Å². The number of benzene rings is 1. The first-order valence-corrected chi connectivity index (χ1v) is 11.2. The predicted octanol–water partition coefficient (Wildman–Crippen LogP) is 4.08. The number of nitrogens with zero attached hydrogens (tertiary/aromatic N) is 4. The number of piperidine rings is 1.